The maximum Gasteiger partial charge on any atom is 0.229 e. The van der Waals surface area contributed by atoms with E-state index in [0.29, 0.717) is 24.0 Å². The second kappa shape index (κ2) is 12.4. The van der Waals surface area contributed by atoms with Gasteiger partial charge in [0.15, 0.2) is 0 Å². The first-order valence-corrected chi connectivity index (χ1v) is 19.5. The Kier molecular flexibility index (Phi) is 9.87. The van der Waals surface area contributed by atoms with Gasteiger partial charge in [0.05, 0.1) is 0 Å². The number of piperidine rings is 4. The molecule has 0 atom stereocenters. The van der Waals surface area contributed by atoms with Crippen LogP contribution in [0.3, 0.4) is 0 Å². The SMILES string of the molecule is CC1(C)CC(N2C(C)(C)CC(Nc3nc(Cl)nc(NC4CC(C)(C)N(C5CC(C)(C)NC(C)(C)C5)C(C)(C)C4)n3)CC2(C)C)CC(C)(C)N1. The minimum absolute atomic E-state index is 0.00452. The molecule has 0 spiro atoms. The van der Waals surface area contributed by atoms with E-state index in [1.165, 1.54) is 0 Å². The van der Waals surface area contributed by atoms with Crippen LogP contribution < -0.4 is 21.3 Å². The minimum atomic E-state index is -0.00452. The van der Waals surface area contributed by atoms with Crippen molar-refractivity contribution in [3.05, 3.63) is 5.28 Å². The van der Waals surface area contributed by atoms with Gasteiger partial charge in [-0.15, -0.1) is 0 Å². The first kappa shape index (κ1) is 39.0. The molecule has 280 valence electrons. The van der Waals surface area contributed by atoms with E-state index in [2.05, 4.69) is 152 Å². The predicted octanol–water partition coefficient (Wildman–Crippen LogP) is 8.01. The average Bonchev–Trinajstić information content (AvgIpc) is 2.75. The Hall–Kier alpha value is -1.26. The van der Waals surface area contributed by atoms with E-state index in [-0.39, 0.29) is 61.7 Å². The summed E-state index contributed by atoms with van der Waals surface area (Å²) in [4.78, 5) is 19.8. The zero-order valence-electron chi connectivity index (χ0n) is 34.1. The maximum absolute atomic E-state index is 6.60. The fraction of sp³-hybridized carbons (Fsp3) is 0.923. The average molecular weight is 703 g/mol. The van der Waals surface area contributed by atoms with E-state index in [1.807, 2.05) is 0 Å². The zero-order valence-corrected chi connectivity index (χ0v) is 34.8. The molecule has 49 heavy (non-hydrogen) atoms. The highest BCUT2D eigenvalue weighted by atomic mass is 35.5. The molecule has 4 saturated heterocycles. The maximum atomic E-state index is 6.60. The molecule has 0 aliphatic carbocycles. The van der Waals surface area contributed by atoms with Gasteiger partial charge < -0.3 is 21.3 Å². The molecule has 0 bridgehead atoms. The number of aromatic nitrogens is 3. The summed E-state index contributed by atoms with van der Waals surface area (Å²) in [5.41, 5.74) is 0.375. The van der Waals surface area contributed by atoms with Crippen molar-refractivity contribution in [1.29, 1.82) is 0 Å². The van der Waals surface area contributed by atoms with Gasteiger partial charge >= 0.3 is 0 Å². The van der Waals surface area contributed by atoms with Crippen LogP contribution in [0.1, 0.15) is 162 Å². The largest absolute Gasteiger partial charge is 0.351 e. The zero-order chi connectivity index (χ0) is 36.8. The van der Waals surface area contributed by atoms with Crippen molar-refractivity contribution in [3.8, 4) is 0 Å². The topological polar surface area (TPSA) is 93.3 Å². The number of nitrogens with one attached hydrogen (secondary N) is 4. The molecule has 5 rings (SSSR count). The molecule has 4 fully saturated rings. The molecule has 10 heteroatoms. The lowest BCUT2D eigenvalue weighted by Crippen LogP contribution is -2.71. The van der Waals surface area contributed by atoms with Crippen LogP contribution in [-0.2, 0) is 0 Å². The van der Waals surface area contributed by atoms with Gasteiger partial charge in [0, 0.05) is 68.5 Å². The predicted molar refractivity (Wildman–Crippen MR) is 207 cm³/mol. The Bertz CT molecular complexity index is 1200. The summed E-state index contributed by atoms with van der Waals surface area (Å²) >= 11 is 6.60. The molecule has 0 amide bonds. The summed E-state index contributed by atoms with van der Waals surface area (Å²) in [7, 11) is 0. The van der Waals surface area contributed by atoms with Crippen LogP contribution in [0.5, 0.6) is 0 Å². The standard InChI is InChI=1S/C39H72ClN9/c1-32(2)21-27(22-33(3,4)46-32)48-36(9,10)17-25(18-37(48,11)12)41-30-43-29(40)44-31(45-30)42-26-19-38(13,14)49(39(15,16)20-26)28-23-34(5,6)47-35(7,8)24-28/h25-28,46-47H,17-24H2,1-16H3,(H2,41,42,43,44,45). The van der Waals surface area contributed by atoms with Gasteiger partial charge in [-0.1, -0.05) is 0 Å². The number of anilines is 2. The number of nitrogens with zero attached hydrogens (tertiary/aromatic N) is 5. The van der Waals surface area contributed by atoms with E-state index < -0.39 is 0 Å². The van der Waals surface area contributed by atoms with Gasteiger partial charge in [-0.25, -0.2) is 0 Å². The highest BCUT2D eigenvalue weighted by molar-refractivity contribution is 6.28. The number of likely N-dealkylation sites (tertiary alicyclic amines) is 2. The molecule has 5 heterocycles. The van der Waals surface area contributed by atoms with Crippen LogP contribution >= 0.6 is 11.6 Å². The molecule has 9 nitrogen and oxygen atoms in total. The van der Waals surface area contributed by atoms with Crippen LogP contribution in [0.4, 0.5) is 11.9 Å². The molecule has 1 aromatic rings. The van der Waals surface area contributed by atoms with Gasteiger partial charge in [-0.05, 0) is 174 Å². The Morgan fingerprint density at radius 2 is 0.735 bits per heavy atom. The Morgan fingerprint density at radius 1 is 0.469 bits per heavy atom. The van der Waals surface area contributed by atoms with Crippen LogP contribution in [-0.4, -0.2) is 93.2 Å². The summed E-state index contributed by atoms with van der Waals surface area (Å²) in [6.45, 7) is 38.2. The molecular weight excluding hydrogens is 630 g/mol. The molecule has 4 aliphatic heterocycles. The van der Waals surface area contributed by atoms with E-state index in [9.17, 15) is 0 Å². The Balaban J connectivity index is 1.29. The summed E-state index contributed by atoms with van der Waals surface area (Å²) in [5.74, 6) is 1.12. The molecular formula is C39H72ClN9. The lowest BCUT2D eigenvalue weighted by atomic mass is 9.71. The van der Waals surface area contributed by atoms with Crippen molar-refractivity contribution in [2.75, 3.05) is 10.6 Å². The van der Waals surface area contributed by atoms with Gasteiger partial charge in [0.2, 0.25) is 17.2 Å². The van der Waals surface area contributed by atoms with E-state index >= 15 is 0 Å². The van der Waals surface area contributed by atoms with Crippen molar-refractivity contribution < 1.29 is 0 Å². The highest BCUT2D eigenvalue weighted by Crippen LogP contribution is 2.47. The van der Waals surface area contributed by atoms with Gasteiger partial charge in [-0.3, -0.25) is 9.80 Å². The third-order valence-electron chi connectivity index (χ3n) is 11.9. The molecule has 0 saturated carbocycles. The first-order chi connectivity index (χ1) is 22.0. The van der Waals surface area contributed by atoms with Gasteiger partial charge in [-0.2, -0.15) is 15.0 Å². The van der Waals surface area contributed by atoms with Crippen molar-refractivity contribution in [2.45, 2.75) is 231 Å². The van der Waals surface area contributed by atoms with Crippen molar-refractivity contribution in [2.24, 2.45) is 0 Å². The Labute approximate surface area is 304 Å². The Morgan fingerprint density at radius 3 is 1.00 bits per heavy atom. The van der Waals surface area contributed by atoms with E-state index in [4.69, 9.17) is 16.6 Å². The van der Waals surface area contributed by atoms with E-state index in [0.717, 1.165) is 51.4 Å². The minimum Gasteiger partial charge on any atom is -0.351 e. The monoisotopic (exact) mass is 702 g/mol. The lowest BCUT2D eigenvalue weighted by molar-refractivity contribution is -0.0925. The number of hydrogen-bond donors (Lipinski definition) is 4. The lowest BCUT2D eigenvalue weighted by Gasteiger charge is -2.62. The van der Waals surface area contributed by atoms with Crippen molar-refractivity contribution >= 4 is 23.5 Å². The van der Waals surface area contributed by atoms with Crippen molar-refractivity contribution in [1.82, 2.24) is 35.4 Å². The third-order valence-corrected chi connectivity index (χ3v) is 12.1. The summed E-state index contributed by atoms with van der Waals surface area (Å²) in [6.07, 6.45) is 8.55. The third kappa shape index (κ3) is 8.86. The number of halogens is 1. The second-order valence-electron chi connectivity index (χ2n) is 21.7. The number of rotatable bonds is 6. The van der Waals surface area contributed by atoms with E-state index in [1.54, 1.807) is 0 Å². The first-order valence-electron chi connectivity index (χ1n) is 19.1. The van der Waals surface area contributed by atoms with Gasteiger partial charge in [0.25, 0.3) is 0 Å². The summed E-state index contributed by atoms with van der Waals surface area (Å²) in [5, 5.41) is 15.4. The molecule has 0 aromatic carbocycles. The molecule has 4 N–H and O–H groups in total. The second-order valence-corrected chi connectivity index (χ2v) is 22.0. The smallest absolute Gasteiger partial charge is 0.229 e. The molecule has 0 radical (unpaired) electrons. The molecule has 1 aromatic heterocycles. The van der Waals surface area contributed by atoms with Crippen LogP contribution in [0, 0.1) is 0 Å². The molecule has 4 aliphatic rings. The quantitative estimate of drug-likeness (QED) is 0.235. The van der Waals surface area contributed by atoms with Crippen LogP contribution in [0.25, 0.3) is 0 Å². The number of hydrogen-bond acceptors (Lipinski definition) is 9. The van der Waals surface area contributed by atoms with Crippen LogP contribution in [0.15, 0.2) is 0 Å². The van der Waals surface area contributed by atoms with Gasteiger partial charge in [0.1, 0.15) is 0 Å². The normalized spacial score (nSPS) is 30.1. The van der Waals surface area contributed by atoms with Crippen LogP contribution in [0.2, 0.25) is 5.28 Å². The fourth-order valence-electron chi connectivity index (χ4n) is 12.5. The summed E-state index contributed by atoms with van der Waals surface area (Å²) < 4.78 is 0. The fourth-order valence-corrected chi connectivity index (χ4v) is 12.7. The highest BCUT2D eigenvalue weighted by Gasteiger charge is 2.53. The molecule has 0 unspecified atom stereocenters. The summed E-state index contributed by atoms with van der Waals surface area (Å²) in [6, 6.07) is 1.45. The van der Waals surface area contributed by atoms with Crippen molar-refractivity contribution in [3.63, 3.8) is 0 Å².